The zero-order chi connectivity index (χ0) is 15.0. The van der Waals surface area contributed by atoms with Gasteiger partial charge in [0.25, 0.3) is 0 Å². The molecule has 0 heterocycles. The van der Waals surface area contributed by atoms with Crippen LogP contribution in [0.2, 0.25) is 0 Å². The number of rotatable bonds is 3. The molecule has 0 atom stereocenters. The Kier molecular flexibility index (Phi) is 4.10. The zero-order valence-corrected chi connectivity index (χ0v) is 13.8. The maximum Gasteiger partial charge on any atom is 0.243 e. The second-order valence-electron chi connectivity index (χ2n) is 6.72. The van der Waals surface area contributed by atoms with E-state index >= 15 is 0 Å². The maximum absolute atomic E-state index is 12.8. The number of fused-ring (bicyclic) bond motifs is 1. The lowest BCUT2D eigenvalue weighted by molar-refractivity contribution is 0.246. The highest BCUT2D eigenvalue weighted by Crippen LogP contribution is 2.31. The molecule has 4 heteroatoms. The van der Waals surface area contributed by atoms with Crippen LogP contribution in [-0.2, 0) is 22.9 Å². The van der Waals surface area contributed by atoms with E-state index in [9.17, 15) is 8.42 Å². The highest BCUT2D eigenvalue weighted by atomic mass is 32.2. The second-order valence-corrected chi connectivity index (χ2v) is 8.72. The summed E-state index contributed by atoms with van der Waals surface area (Å²) in [4.78, 5) is 0.476. The third kappa shape index (κ3) is 2.88. The number of hydrogen-bond acceptors (Lipinski definition) is 2. The van der Waals surface area contributed by atoms with E-state index in [1.807, 2.05) is 12.1 Å². The molecule has 1 aromatic carbocycles. The minimum Gasteiger partial charge on any atom is -0.207 e. The van der Waals surface area contributed by atoms with Crippen molar-refractivity contribution in [2.24, 2.45) is 5.92 Å². The Morgan fingerprint density at radius 3 is 2.43 bits per heavy atom. The molecule has 0 aliphatic heterocycles. The van der Waals surface area contributed by atoms with Crippen LogP contribution in [0.25, 0.3) is 0 Å². The van der Waals surface area contributed by atoms with Crippen LogP contribution in [0.5, 0.6) is 0 Å². The van der Waals surface area contributed by atoms with Gasteiger partial charge in [0.2, 0.25) is 10.0 Å². The molecule has 1 fully saturated rings. The summed E-state index contributed by atoms with van der Waals surface area (Å²) in [5, 5.41) is 0. The van der Waals surface area contributed by atoms with Crippen LogP contribution in [0.1, 0.15) is 50.2 Å². The first kappa shape index (κ1) is 15.0. The van der Waals surface area contributed by atoms with E-state index in [0.717, 1.165) is 50.9 Å². The van der Waals surface area contributed by atoms with E-state index in [0.29, 0.717) is 4.90 Å². The van der Waals surface area contributed by atoms with Crippen LogP contribution in [0.4, 0.5) is 0 Å². The molecule has 0 saturated heterocycles. The predicted molar refractivity (Wildman–Crippen MR) is 84.8 cm³/mol. The largest absolute Gasteiger partial charge is 0.243 e. The average molecular weight is 307 g/mol. The minimum atomic E-state index is -3.34. The number of nitrogens with zero attached hydrogens (tertiary/aromatic N) is 1. The molecule has 0 spiro atoms. The smallest absolute Gasteiger partial charge is 0.207 e. The number of sulfonamides is 1. The van der Waals surface area contributed by atoms with Gasteiger partial charge in [-0.1, -0.05) is 13.0 Å². The average Bonchev–Trinajstić information content (AvgIpc) is 2.94. The first-order valence-corrected chi connectivity index (χ1v) is 9.52. The Balaban J connectivity index is 1.82. The van der Waals surface area contributed by atoms with Gasteiger partial charge in [-0.25, -0.2) is 8.42 Å². The van der Waals surface area contributed by atoms with Crippen molar-refractivity contribution in [3.8, 4) is 0 Å². The van der Waals surface area contributed by atoms with Crippen LogP contribution < -0.4 is 0 Å². The molecule has 0 aromatic heterocycles. The fourth-order valence-corrected chi connectivity index (χ4v) is 5.14. The van der Waals surface area contributed by atoms with Crippen LogP contribution in [0.3, 0.4) is 0 Å². The second kappa shape index (κ2) is 5.73. The lowest BCUT2D eigenvalue weighted by atomic mass is 9.87. The van der Waals surface area contributed by atoms with E-state index in [1.54, 1.807) is 17.4 Å². The van der Waals surface area contributed by atoms with Crippen molar-refractivity contribution in [2.75, 3.05) is 7.05 Å². The molecule has 3 rings (SSSR count). The highest BCUT2D eigenvalue weighted by molar-refractivity contribution is 7.89. The molecule has 1 aromatic rings. The van der Waals surface area contributed by atoms with E-state index < -0.39 is 10.0 Å². The lowest BCUT2D eigenvalue weighted by Crippen LogP contribution is -2.39. The number of benzene rings is 1. The Hall–Kier alpha value is -0.870. The van der Waals surface area contributed by atoms with Crippen molar-refractivity contribution >= 4 is 10.0 Å². The molecule has 0 N–H and O–H groups in total. The number of hydrogen-bond donors (Lipinski definition) is 0. The molecule has 21 heavy (non-hydrogen) atoms. The molecule has 0 unspecified atom stereocenters. The Morgan fingerprint density at radius 2 is 1.71 bits per heavy atom. The molecule has 1 saturated carbocycles. The third-order valence-electron chi connectivity index (χ3n) is 5.25. The summed E-state index contributed by atoms with van der Waals surface area (Å²) < 4.78 is 27.3. The maximum atomic E-state index is 12.8. The van der Waals surface area contributed by atoms with Crippen molar-refractivity contribution in [1.29, 1.82) is 0 Å². The first-order valence-electron chi connectivity index (χ1n) is 8.08. The molecule has 2 aliphatic carbocycles. The van der Waals surface area contributed by atoms with Gasteiger partial charge in [-0.2, -0.15) is 4.31 Å². The van der Waals surface area contributed by atoms with Crippen LogP contribution in [0, 0.1) is 5.92 Å². The topological polar surface area (TPSA) is 37.4 Å². The summed E-state index contributed by atoms with van der Waals surface area (Å²) in [6, 6.07) is 5.87. The fraction of sp³-hybridized carbons (Fsp3) is 0.647. The van der Waals surface area contributed by atoms with Crippen LogP contribution in [0.15, 0.2) is 23.1 Å². The van der Waals surface area contributed by atoms with Crippen molar-refractivity contribution in [1.82, 2.24) is 4.31 Å². The summed E-state index contributed by atoms with van der Waals surface area (Å²) in [5.74, 6) is 0.734. The summed E-state index contributed by atoms with van der Waals surface area (Å²) in [6.45, 7) is 2.26. The van der Waals surface area contributed by atoms with Gasteiger partial charge in [0.05, 0.1) is 4.90 Å². The van der Waals surface area contributed by atoms with Crippen LogP contribution >= 0.6 is 0 Å². The van der Waals surface area contributed by atoms with Gasteiger partial charge in [-0.15, -0.1) is 0 Å². The van der Waals surface area contributed by atoms with E-state index in [4.69, 9.17) is 0 Å². The monoisotopic (exact) mass is 307 g/mol. The zero-order valence-electron chi connectivity index (χ0n) is 13.0. The van der Waals surface area contributed by atoms with Gasteiger partial charge < -0.3 is 0 Å². The van der Waals surface area contributed by atoms with Gasteiger partial charge in [-0.05, 0) is 74.1 Å². The molecule has 0 amide bonds. The third-order valence-corrected chi connectivity index (χ3v) is 7.15. The van der Waals surface area contributed by atoms with Crippen molar-refractivity contribution < 1.29 is 8.42 Å². The van der Waals surface area contributed by atoms with Gasteiger partial charge in [0, 0.05) is 13.1 Å². The first-order chi connectivity index (χ1) is 9.98. The molecule has 3 nitrogen and oxygen atoms in total. The van der Waals surface area contributed by atoms with Crippen molar-refractivity contribution in [3.63, 3.8) is 0 Å². The Morgan fingerprint density at radius 1 is 1.05 bits per heavy atom. The van der Waals surface area contributed by atoms with Crippen molar-refractivity contribution in [3.05, 3.63) is 29.3 Å². The summed E-state index contributed by atoms with van der Waals surface area (Å²) in [7, 11) is -1.59. The molecule has 2 aliphatic rings. The fourth-order valence-electron chi connectivity index (χ4n) is 3.68. The predicted octanol–water partition coefficient (Wildman–Crippen LogP) is 3.37. The van der Waals surface area contributed by atoms with E-state index in [1.165, 1.54) is 11.1 Å². The molecular weight excluding hydrogens is 282 g/mol. The van der Waals surface area contributed by atoms with Gasteiger partial charge in [0.1, 0.15) is 0 Å². The van der Waals surface area contributed by atoms with E-state index in [-0.39, 0.29) is 6.04 Å². The van der Waals surface area contributed by atoms with Gasteiger partial charge >= 0.3 is 0 Å². The standard InChI is InChI=1S/C17H25NO2S/c1-13-6-9-16(10-7-13)18(2)21(19,20)17-11-8-14-4-3-5-15(14)12-17/h8,11-13,16H,3-7,9-10H2,1-2H3. The molecule has 0 bridgehead atoms. The van der Waals surface area contributed by atoms with Crippen LogP contribution in [-0.4, -0.2) is 25.8 Å². The summed E-state index contributed by atoms with van der Waals surface area (Å²) in [5.41, 5.74) is 2.55. The Labute approximate surface area is 128 Å². The molecular formula is C17H25NO2S. The van der Waals surface area contributed by atoms with Gasteiger partial charge in [0.15, 0.2) is 0 Å². The molecule has 116 valence electrons. The Bertz CT molecular complexity index is 616. The lowest BCUT2D eigenvalue weighted by Gasteiger charge is -2.32. The van der Waals surface area contributed by atoms with E-state index in [2.05, 4.69) is 6.92 Å². The number of aryl methyl sites for hydroxylation is 2. The summed E-state index contributed by atoms with van der Waals surface area (Å²) >= 11 is 0. The SMILES string of the molecule is CC1CCC(N(C)S(=O)(=O)c2ccc3c(c2)CCC3)CC1. The normalized spacial score (nSPS) is 26.0. The molecule has 0 radical (unpaired) electrons. The minimum absolute atomic E-state index is 0.166. The summed E-state index contributed by atoms with van der Waals surface area (Å²) in [6.07, 6.45) is 7.50. The highest BCUT2D eigenvalue weighted by Gasteiger charge is 2.31. The quantitative estimate of drug-likeness (QED) is 0.858. The van der Waals surface area contributed by atoms with Crippen molar-refractivity contribution in [2.45, 2.75) is 62.8 Å². The van der Waals surface area contributed by atoms with Gasteiger partial charge in [-0.3, -0.25) is 0 Å².